The van der Waals surface area contributed by atoms with Crippen LogP contribution in [0.15, 0.2) is 18.3 Å². The predicted octanol–water partition coefficient (Wildman–Crippen LogP) is 2.00. The summed E-state index contributed by atoms with van der Waals surface area (Å²) in [5, 5.41) is 0.816. The van der Waals surface area contributed by atoms with Gasteiger partial charge in [-0.3, -0.25) is 0 Å². The van der Waals surface area contributed by atoms with Crippen molar-refractivity contribution < 1.29 is 9.47 Å². The lowest BCUT2D eigenvalue weighted by Gasteiger charge is -2.04. The quantitative estimate of drug-likeness (QED) is 0.588. The third-order valence-corrected chi connectivity index (χ3v) is 2.14. The Morgan fingerprint density at radius 3 is 3.00 bits per heavy atom. The van der Waals surface area contributed by atoms with Crippen LogP contribution in [0.2, 0.25) is 0 Å². The minimum Gasteiger partial charge on any atom is -0.475 e. The van der Waals surface area contributed by atoms with Crippen molar-refractivity contribution in [2.24, 2.45) is 0 Å². The molecule has 0 fully saturated rings. The number of pyridine rings is 1. The van der Waals surface area contributed by atoms with Crippen LogP contribution in [0.1, 0.15) is 5.56 Å². The van der Waals surface area contributed by atoms with Crippen molar-refractivity contribution in [3.8, 4) is 5.88 Å². The average Bonchev–Trinajstić information content (AvgIpc) is 2.19. The number of halogens is 1. The van der Waals surface area contributed by atoms with E-state index in [1.54, 1.807) is 13.3 Å². The fraction of sp³-hybridized carbons (Fsp3) is 0.444. The standard InChI is InChI=1S/C9H12BrNO2/c1-12-4-5-13-9-6-8(7-10)2-3-11-9/h2-3,6H,4-5,7H2,1H3. The highest BCUT2D eigenvalue weighted by atomic mass is 79.9. The molecule has 0 aliphatic carbocycles. The normalized spacial score (nSPS) is 10.0. The first kappa shape index (κ1) is 10.5. The molecule has 0 aliphatic heterocycles. The van der Waals surface area contributed by atoms with Gasteiger partial charge in [0.2, 0.25) is 5.88 Å². The van der Waals surface area contributed by atoms with Crippen LogP contribution in [0.4, 0.5) is 0 Å². The first-order valence-corrected chi connectivity index (χ1v) is 5.11. The van der Waals surface area contributed by atoms with E-state index in [9.17, 15) is 0 Å². The van der Waals surface area contributed by atoms with Gasteiger partial charge in [0.15, 0.2) is 0 Å². The second-order valence-electron chi connectivity index (χ2n) is 2.48. The Bertz CT molecular complexity index is 255. The van der Waals surface area contributed by atoms with Crippen molar-refractivity contribution in [3.63, 3.8) is 0 Å². The number of aromatic nitrogens is 1. The Morgan fingerprint density at radius 2 is 2.31 bits per heavy atom. The summed E-state index contributed by atoms with van der Waals surface area (Å²) in [4.78, 5) is 4.06. The molecule has 0 radical (unpaired) electrons. The van der Waals surface area contributed by atoms with E-state index in [1.165, 1.54) is 0 Å². The maximum absolute atomic E-state index is 5.33. The summed E-state index contributed by atoms with van der Waals surface area (Å²) in [6.07, 6.45) is 1.73. The summed E-state index contributed by atoms with van der Waals surface area (Å²) in [5.74, 6) is 0.647. The summed E-state index contributed by atoms with van der Waals surface area (Å²) in [6, 6.07) is 3.85. The van der Waals surface area contributed by atoms with Gasteiger partial charge in [0.1, 0.15) is 6.61 Å². The maximum atomic E-state index is 5.33. The number of nitrogens with zero attached hydrogens (tertiary/aromatic N) is 1. The zero-order valence-corrected chi connectivity index (χ0v) is 9.08. The molecule has 0 saturated carbocycles. The Labute approximate surface area is 86.2 Å². The molecule has 0 unspecified atom stereocenters. The van der Waals surface area contributed by atoms with E-state index in [-0.39, 0.29) is 0 Å². The van der Waals surface area contributed by atoms with E-state index in [0.717, 1.165) is 10.9 Å². The lowest BCUT2D eigenvalue weighted by atomic mass is 10.3. The lowest BCUT2D eigenvalue weighted by molar-refractivity contribution is 0.143. The molecule has 0 N–H and O–H groups in total. The zero-order chi connectivity index (χ0) is 9.52. The van der Waals surface area contributed by atoms with Crippen molar-refractivity contribution in [1.82, 2.24) is 4.98 Å². The summed E-state index contributed by atoms with van der Waals surface area (Å²) in [5.41, 5.74) is 1.16. The molecule has 0 aliphatic rings. The average molecular weight is 246 g/mol. The van der Waals surface area contributed by atoms with Crippen LogP contribution in [-0.2, 0) is 10.1 Å². The van der Waals surface area contributed by atoms with E-state index >= 15 is 0 Å². The number of alkyl halides is 1. The van der Waals surface area contributed by atoms with E-state index < -0.39 is 0 Å². The maximum Gasteiger partial charge on any atom is 0.213 e. The Kier molecular flexibility index (Phi) is 4.78. The molecule has 0 saturated heterocycles. The van der Waals surface area contributed by atoms with Gasteiger partial charge >= 0.3 is 0 Å². The van der Waals surface area contributed by atoms with Gasteiger partial charge in [-0.1, -0.05) is 15.9 Å². The minimum atomic E-state index is 0.537. The number of hydrogen-bond acceptors (Lipinski definition) is 3. The summed E-state index contributed by atoms with van der Waals surface area (Å²) >= 11 is 3.37. The molecule has 1 rings (SSSR count). The van der Waals surface area contributed by atoms with Crippen molar-refractivity contribution in [3.05, 3.63) is 23.9 Å². The molecule has 0 spiro atoms. The third kappa shape index (κ3) is 3.74. The molecular formula is C9H12BrNO2. The number of hydrogen-bond donors (Lipinski definition) is 0. The van der Waals surface area contributed by atoms with Gasteiger partial charge in [0, 0.05) is 24.7 Å². The van der Waals surface area contributed by atoms with Crippen LogP contribution in [0.25, 0.3) is 0 Å². The fourth-order valence-electron chi connectivity index (χ4n) is 0.842. The smallest absolute Gasteiger partial charge is 0.213 e. The van der Waals surface area contributed by atoms with Crippen LogP contribution >= 0.6 is 15.9 Å². The van der Waals surface area contributed by atoms with Gasteiger partial charge < -0.3 is 9.47 Å². The van der Waals surface area contributed by atoms with Gasteiger partial charge in [0.05, 0.1) is 6.61 Å². The highest BCUT2D eigenvalue weighted by Gasteiger charge is 1.96. The first-order valence-electron chi connectivity index (χ1n) is 3.99. The second-order valence-corrected chi connectivity index (χ2v) is 3.04. The van der Waals surface area contributed by atoms with Crippen molar-refractivity contribution in [2.75, 3.05) is 20.3 Å². The van der Waals surface area contributed by atoms with Gasteiger partial charge in [0.25, 0.3) is 0 Å². The van der Waals surface area contributed by atoms with Gasteiger partial charge in [-0.25, -0.2) is 4.98 Å². The molecule has 4 heteroatoms. The van der Waals surface area contributed by atoms with Crippen molar-refractivity contribution in [1.29, 1.82) is 0 Å². The van der Waals surface area contributed by atoms with Crippen LogP contribution in [0.5, 0.6) is 5.88 Å². The highest BCUT2D eigenvalue weighted by molar-refractivity contribution is 9.08. The topological polar surface area (TPSA) is 31.4 Å². The van der Waals surface area contributed by atoms with E-state index in [1.807, 2.05) is 12.1 Å². The molecule has 1 heterocycles. The molecule has 0 bridgehead atoms. The number of ether oxygens (including phenoxy) is 2. The molecule has 0 atom stereocenters. The first-order chi connectivity index (χ1) is 6.36. The van der Waals surface area contributed by atoms with Crippen LogP contribution in [0.3, 0.4) is 0 Å². The minimum absolute atomic E-state index is 0.537. The van der Waals surface area contributed by atoms with Crippen LogP contribution in [-0.4, -0.2) is 25.3 Å². The molecule has 0 aromatic carbocycles. The van der Waals surface area contributed by atoms with Gasteiger partial charge in [-0.15, -0.1) is 0 Å². The van der Waals surface area contributed by atoms with Crippen LogP contribution in [0, 0.1) is 0 Å². The largest absolute Gasteiger partial charge is 0.475 e. The van der Waals surface area contributed by atoms with Crippen molar-refractivity contribution in [2.45, 2.75) is 5.33 Å². The molecule has 72 valence electrons. The Hall–Kier alpha value is -0.610. The number of rotatable bonds is 5. The fourth-order valence-corrected chi connectivity index (χ4v) is 1.19. The molecule has 0 amide bonds. The monoisotopic (exact) mass is 245 g/mol. The predicted molar refractivity (Wildman–Crippen MR) is 54.2 cm³/mol. The third-order valence-electron chi connectivity index (χ3n) is 1.49. The van der Waals surface area contributed by atoms with Gasteiger partial charge in [-0.2, -0.15) is 0 Å². The zero-order valence-electron chi connectivity index (χ0n) is 7.50. The lowest BCUT2D eigenvalue weighted by Crippen LogP contribution is -2.05. The number of methoxy groups -OCH3 is 1. The molecular weight excluding hydrogens is 234 g/mol. The van der Waals surface area contributed by atoms with Gasteiger partial charge in [-0.05, 0) is 11.6 Å². The molecule has 1 aromatic rings. The summed E-state index contributed by atoms with van der Waals surface area (Å²) in [6.45, 7) is 1.12. The Balaban J connectivity index is 2.46. The second kappa shape index (κ2) is 5.94. The van der Waals surface area contributed by atoms with E-state index in [4.69, 9.17) is 9.47 Å². The molecule has 3 nitrogen and oxygen atoms in total. The SMILES string of the molecule is COCCOc1cc(CBr)ccn1. The van der Waals surface area contributed by atoms with Crippen molar-refractivity contribution >= 4 is 15.9 Å². The summed E-state index contributed by atoms with van der Waals surface area (Å²) < 4.78 is 10.2. The Morgan fingerprint density at radius 1 is 1.46 bits per heavy atom. The summed E-state index contributed by atoms with van der Waals surface area (Å²) in [7, 11) is 1.64. The van der Waals surface area contributed by atoms with Crippen LogP contribution < -0.4 is 4.74 Å². The highest BCUT2D eigenvalue weighted by Crippen LogP contribution is 2.11. The molecule has 13 heavy (non-hydrogen) atoms. The molecule has 1 aromatic heterocycles. The van der Waals surface area contributed by atoms with E-state index in [0.29, 0.717) is 19.1 Å². The van der Waals surface area contributed by atoms with E-state index in [2.05, 4.69) is 20.9 Å².